The molecule has 0 bridgehead atoms. The van der Waals surface area contributed by atoms with Gasteiger partial charge < -0.3 is 14.9 Å². The van der Waals surface area contributed by atoms with E-state index in [-0.39, 0.29) is 12.3 Å². The first kappa shape index (κ1) is 32.0. The molecule has 3 aromatic carbocycles. The maximum atomic E-state index is 12.0. The van der Waals surface area contributed by atoms with Gasteiger partial charge in [-0.2, -0.15) is 0 Å². The van der Waals surface area contributed by atoms with Crippen molar-refractivity contribution in [2.45, 2.75) is 65.4 Å². The average molecular weight is 581 g/mol. The second-order valence-electron chi connectivity index (χ2n) is 12.6. The van der Waals surface area contributed by atoms with E-state index >= 15 is 0 Å². The normalized spacial score (nSPS) is 19.9. The molecule has 0 aliphatic heterocycles. The van der Waals surface area contributed by atoms with E-state index in [9.17, 15) is 19.8 Å². The highest BCUT2D eigenvalue weighted by Gasteiger charge is 2.53. The van der Waals surface area contributed by atoms with E-state index in [0.29, 0.717) is 18.8 Å². The molecule has 0 spiro atoms. The molecule has 0 amide bonds. The highest BCUT2D eigenvalue weighted by Crippen LogP contribution is 2.55. The molecule has 0 heterocycles. The molecule has 226 valence electrons. The fraction of sp³-hybridized carbons (Fsp3) is 0.368. The number of carboxylic acids is 2. The SMILES string of the molecule is CC(C)Cc1cc(CCC(=O)O)ccc1C1=CC(Cc2ccccc2)(CC(C)C)C(OCC(=O)O)(c2ccccc2)C=C1. The van der Waals surface area contributed by atoms with Gasteiger partial charge in [-0.3, -0.25) is 4.79 Å². The largest absolute Gasteiger partial charge is 0.481 e. The molecule has 2 unspecified atom stereocenters. The Hall–Kier alpha value is -3.96. The quantitative estimate of drug-likeness (QED) is 0.201. The Morgan fingerprint density at radius 3 is 2.09 bits per heavy atom. The minimum Gasteiger partial charge on any atom is -0.481 e. The number of carbonyl (C=O) groups is 2. The van der Waals surface area contributed by atoms with Crippen LogP contribution in [-0.4, -0.2) is 28.8 Å². The highest BCUT2D eigenvalue weighted by atomic mass is 16.5. The Bertz CT molecular complexity index is 1450. The van der Waals surface area contributed by atoms with E-state index in [4.69, 9.17) is 4.74 Å². The minimum atomic E-state index is -1.02. The summed E-state index contributed by atoms with van der Waals surface area (Å²) in [5, 5.41) is 19.1. The summed E-state index contributed by atoms with van der Waals surface area (Å²) in [6.07, 6.45) is 9.38. The number of hydrogen-bond donors (Lipinski definition) is 2. The predicted octanol–water partition coefficient (Wildman–Crippen LogP) is 8.13. The Morgan fingerprint density at radius 1 is 0.814 bits per heavy atom. The van der Waals surface area contributed by atoms with Gasteiger partial charge in [0.1, 0.15) is 12.2 Å². The van der Waals surface area contributed by atoms with Gasteiger partial charge in [0.2, 0.25) is 0 Å². The second kappa shape index (κ2) is 14.0. The summed E-state index contributed by atoms with van der Waals surface area (Å²) in [7, 11) is 0. The third-order valence-electron chi connectivity index (χ3n) is 8.17. The van der Waals surface area contributed by atoms with E-state index in [1.807, 2.05) is 54.6 Å². The summed E-state index contributed by atoms with van der Waals surface area (Å²) >= 11 is 0. The van der Waals surface area contributed by atoms with Gasteiger partial charge in [0.05, 0.1) is 0 Å². The molecule has 1 aliphatic rings. The van der Waals surface area contributed by atoms with Crippen molar-refractivity contribution in [2.75, 3.05) is 6.61 Å². The lowest BCUT2D eigenvalue weighted by Crippen LogP contribution is -2.50. The summed E-state index contributed by atoms with van der Waals surface area (Å²) in [6.45, 7) is 8.36. The number of aryl methyl sites for hydroxylation is 1. The molecule has 0 radical (unpaired) electrons. The number of carboxylic acid groups (broad SMARTS) is 2. The number of benzene rings is 3. The lowest BCUT2D eigenvalue weighted by Gasteiger charge is -2.51. The van der Waals surface area contributed by atoms with E-state index in [1.165, 1.54) is 5.56 Å². The van der Waals surface area contributed by atoms with Crippen LogP contribution in [0.5, 0.6) is 0 Å². The van der Waals surface area contributed by atoms with Crippen molar-refractivity contribution >= 4 is 17.5 Å². The summed E-state index contributed by atoms with van der Waals surface area (Å²) < 4.78 is 6.57. The zero-order valence-electron chi connectivity index (χ0n) is 25.8. The first-order valence-corrected chi connectivity index (χ1v) is 15.2. The average Bonchev–Trinajstić information content (AvgIpc) is 2.96. The minimum absolute atomic E-state index is 0.0954. The van der Waals surface area contributed by atoms with Gasteiger partial charge in [-0.05, 0) is 77.0 Å². The van der Waals surface area contributed by atoms with E-state index < -0.39 is 29.6 Å². The number of ether oxygens (including phenoxy) is 1. The van der Waals surface area contributed by atoms with Gasteiger partial charge in [0.15, 0.2) is 0 Å². The van der Waals surface area contributed by atoms with Crippen molar-refractivity contribution in [3.63, 3.8) is 0 Å². The van der Waals surface area contributed by atoms with Crippen molar-refractivity contribution in [3.8, 4) is 0 Å². The molecule has 5 heteroatoms. The molecule has 5 nitrogen and oxygen atoms in total. The Balaban J connectivity index is 1.96. The molecule has 43 heavy (non-hydrogen) atoms. The number of rotatable bonds is 14. The Morgan fingerprint density at radius 2 is 1.49 bits per heavy atom. The second-order valence-corrected chi connectivity index (χ2v) is 12.6. The Kier molecular flexibility index (Phi) is 10.4. The summed E-state index contributed by atoms with van der Waals surface area (Å²) in [6, 6.07) is 26.7. The number of hydrogen-bond acceptors (Lipinski definition) is 3. The van der Waals surface area contributed by atoms with Gasteiger partial charge in [-0.25, -0.2) is 4.79 Å². The molecule has 0 saturated carbocycles. The summed E-state index contributed by atoms with van der Waals surface area (Å²) in [5.41, 5.74) is 4.84. The lowest BCUT2D eigenvalue weighted by atomic mass is 9.58. The van der Waals surface area contributed by atoms with Crippen LogP contribution in [0.2, 0.25) is 0 Å². The summed E-state index contributed by atoms with van der Waals surface area (Å²) in [5.74, 6) is -1.11. The van der Waals surface area contributed by atoms with Crippen LogP contribution in [0.4, 0.5) is 0 Å². The van der Waals surface area contributed by atoms with Crippen LogP contribution < -0.4 is 0 Å². The topological polar surface area (TPSA) is 83.8 Å². The van der Waals surface area contributed by atoms with Crippen molar-refractivity contribution in [1.29, 1.82) is 0 Å². The molecule has 4 rings (SSSR count). The van der Waals surface area contributed by atoms with Crippen molar-refractivity contribution in [3.05, 3.63) is 125 Å². The first-order chi connectivity index (χ1) is 20.5. The zero-order valence-corrected chi connectivity index (χ0v) is 25.8. The van der Waals surface area contributed by atoms with Crippen molar-refractivity contribution in [1.82, 2.24) is 0 Å². The molecule has 2 N–H and O–H groups in total. The third kappa shape index (κ3) is 7.71. The first-order valence-electron chi connectivity index (χ1n) is 15.2. The fourth-order valence-electron chi connectivity index (χ4n) is 6.61. The maximum Gasteiger partial charge on any atom is 0.329 e. The highest BCUT2D eigenvalue weighted by molar-refractivity contribution is 5.79. The van der Waals surface area contributed by atoms with Crippen molar-refractivity contribution < 1.29 is 24.5 Å². The molecule has 3 aromatic rings. The van der Waals surface area contributed by atoms with Crippen LogP contribution in [-0.2, 0) is 39.2 Å². The smallest absolute Gasteiger partial charge is 0.329 e. The summed E-state index contributed by atoms with van der Waals surface area (Å²) in [4.78, 5) is 23.2. The van der Waals surface area contributed by atoms with Gasteiger partial charge >= 0.3 is 11.9 Å². The number of aliphatic carboxylic acids is 2. The van der Waals surface area contributed by atoms with Gasteiger partial charge in [0, 0.05) is 11.8 Å². The van der Waals surface area contributed by atoms with E-state index in [2.05, 4.69) is 70.2 Å². The lowest BCUT2D eigenvalue weighted by molar-refractivity contribution is -0.156. The molecular formula is C38H44O5. The van der Waals surface area contributed by atoms with Crippen LogP contribution in [0, 0.1) is 17.3 Å². The predicted molar refractivity (Wildman–Crippen MR) is 172 cm³/mol. The van der Waals surface area contributed by atoms with Crippen LogP contribution in [0.3, 0.4) is 0 Å². The van der Waals surface area contributed by atoms with Crippen molar-refractivity contribution in [2.24, 2.45) is 17.3 Å². The standard InChI is InChI=1S/C38H44O5/c1-27(2)21-32-22-29(16-18-35(39)40)15-17-34(32)31-19-20-38(43-26-36(41)42,33-13-9-6-10-14-33)37(25-31,23-28(3)4)24-30-11-7-5-8-12-30/h5-15,17,19-20,22,25,27-28H,16,18,21,23-24,26H2,1-4H3,(H,39,40)(H,41,42). The van der Waals surface area contributed by atoms with Gasteiger partial charge in [-0.1, -0.05) is 119 Å². The molecular weight excluding hydrogens is 536 g/mol. The molecule has 1 aliphatic carbocycles. The van der Waals surface area contributed by atoms with Crippen LogP contribution in [0.15, 0.2) is 97.1 Å². The number of allylic oxidation sites excluding steroid dienone is 2. The molecule has 2 atom stereocenters. The van der Waals surface area contributed by atoms with Crippen LogP contribution in [0.25, 0.3) is 5.57 Å². The molecule has 0 fully saturated rings. The Labute approximate surface area is 255 Å². The van der Waals surface area contributed by atoms with E-state index in [1.54, 1.807) is 0 Å². The zero-order chi connectivity index (χ0) is 31.0. The fourth-order valence-corrected chi connectivity index (χ4v) is 6.61. The third-order valence-corrected chi connectivity index (χ3v) is 8.17. The van der Waals surface area contributed by atoms with Gasteiger partial charge in [0.25, 0.3) is 0 Å². The molecule has 0 saturated heterocycles. The maximum absolute atomic E-state index is 12.0. The monoisotopic (exact) mass is 580 g/mol. The molecule has 0 aromatic heterocycles. The van der Waals surface area contributed by atoms with Crippen LogP contribution in [0.1, 0.15) is 68.4 Å². The van der Waals surface area contributed by atoms with Gasteiger partial charge in [-0.15, -0.1) is 0 Å². The van der Waals surface area contributed by atoms with E-state index in [0.717, 1.165) is 40.7 Å². The van der Waals surface area contributed by atoms with Crippen LogP contribution >= 0.6 is 0 Å².